The first-order chi connectivity index (χ1) is 3.80. The molecule has 1 atom stereocenters. The van der Waals surface area contributed by atoms with Crippen molar-refractivity contribution in [2.45, 2.75) is 18.9 Å². The Morgan fingerprint density at radius 1 is 1.75 bits per heavy atom. The third kappa shape index (κ3) is 0.980. The summed E-state index contributed by atoms with van der Waals surface area (Å²) in [7, 11) is 0. The van der Waals surface area contributed by atoms with Crippen LogP contribution in [0.3, 0.4) is 0 Å². The molecular formula is C5H9NO2. The van der Waals surface area contributed by atoms with Crippen molar-refractivity contribution in [3.8, 4) is 0 Å². The average Bonchev–Trinajstić information content (AvgIpc) is 2.12. The van der Waals surface area contributed by atoms with Gasteiger partial charge in [-0.2, -0.15) is 0 Å². The first kappa shape index (κ1) is 5.56. The fourth-order valence-electron chi connectivity index (χ4n) is 0.895. The van der Waals surface area contributed by atoms with E-state index in [9.17, 15) is 4.79 Å². The zero-order valence-corrected chi connectivity index (χ0v) is 4.55. The quantitative estimate of drug-likeness (QED) is 0.468. The summed E-state index contributed by atoms with van der Waals surface area (Å²) in [5.41, 5.74) is 0. The third-order valence-electron chi connectivity index (χ3n) is 1.36. The molecule has 0 spiro atoms. The van der Waals surface area contributed by atoms with E-state index in [2.05, 4.69) is 5.32 Å². The van der Waals surface area contributed by atoms with Crippen molar-refractivity contribution >= 4 is 5.97 Å². The molecule has 0 aromatic carbocycles. The fraction of sp³-hybridized carbons (Fsp3) is 0.800. The van der Waals surface area contributed by atoms with Crippen LogP contribution in [0.1, 0.15) is 12.8 Å². The minimum atomic E-state index is -0.720. The van der Waals surface area contributed by atoms with Gasteiger partial charge in [0.15, 0.2) is 0 Å². The van der Waals surface area contributed by atoms with Gasteiger partial charge in [0.2, 0.25) is 0 Å². The van der Waals surface area contributed by atoms with Crippen LogP contribution in [0.25, 0.3) is 0 Å². The highest BCUT2D eigenvalue weighted by Crippen LogP contribution is 2.03. The van der Waals surface area contributed by atoms with Crippen LogP contribution in [-0.4, -0.2) is 23.7 Å². The molecule has 1 aliphatic heterocycles. The normalized spacial score (nSPS) is 28.2. The Hall–Kier alpha value is -0.570. The number of rotatable bonds is 1. The number of aliphatic carboxylic acids is 1. The molecule has 0 saturated carbocycles. The first-order valence-electron chi connectivity index (χ1n) is 2.77. The van der Waals surface area contributed by atoms with E-state index in [1.54, 1.807) is 0 Å². The summed E-state index contributed by atoms with van der Waals surface area (Å²) in [4.78, 5) is 10.1. The molecule has 2 N–H and O–H groups in total. The van der Waals surface area contributed by atoms with E-state index in [0.717, 1.165) is 19.4 Å². The monoisotopic (exact) mass is 117 g/mol. The lowest BCUT2D eigenvalue weighted by molar-refractivity contribution is -0.139. The van der Waals surface area contributed by atoms with Gasteiger partial charge in [0, 0.05) is 0 Å². The van der Waals surface area contributed by atoms with Gasteiger partial charge in [-0.3, -0.25) is 4.79 Å². The van der Waals surface area contributed by atoms with Gasteiger partial charge in [0.1, 0.15) is 6.04 Å². The van der Waals surface area contributed by atoms with Gasteiger partial charge in [0.25, 0.3) is 0 Å². The van der Waals surface area contributed by atoms with Crippen molar-refractivity contribution in [1.29, 1.82) is 0 Å². The Bertz CT molecular complexity index is 96.6. The number of carboxylic acid groups (broad SMARTS) is 1. The Kier molecular flexibility index (Phi) is 1.48. The molecule has 0 bridgehead atoms. The van der Waals surface area contributed by atoms with Crippen LogP contribution in [0.2, 0.25) is 0 Å². The summed E-state index contributed by atoms with van der Waals surface area (Å²) in [6.07, 6.45) is 1.78. The largest absolute Gasteiger partial charge is 0.480 e. The lowest BCUT2D eigenvalue weighted by atomic mass is 10.2. The molecule has 3 heteroatoms. The average molecular weight is 117 g/mol. The number of hydrogen-bond donors (Lipinski definition) is 2. The molecule has 1 fully saturated rings. The van der Waals surface area contributed by atoms with Crippen LogP contribution in [0.5, 0.6) is 0 Å². The van der Waals surface area contributed by atoms with Gasteiger partial charge < -0.3 is 10.4 Å². The number of carboxylic acids is 1. The SMILES string of the molecule is OC(=[18O])C1CCCN1. The van der Waals surface area contributed by atoms with Crippen LogP contribution in [0.4, 0.5) is 0 Å². The molecule has 0 amide bonds. The van der Waals surface area contributed by atoms with Gasteiger partial charge in [-0.25, -0.2) is 0 Å². The van der Waals surface area contributed by atoms with E-state index in [1.165, 1.54) is 0 Å². The second-order valence-corrected chi connectivity index (χ2v) is 1.99. The topological polar surface area (TPSA) is 49.3 Å². The molecule has 1 aliphatic rings. The van der Waals surface area contributed by atoms with Crippen molar-refractivity contribution in [1.82, 2.24) is 5.32 Å². The molecule has 46 valence electrons. The predicted molar refractivity (Wildman–Crippen MR) is 28.7 cm³/mol. The predicted octanol–water partition coefficient (Wildman–Crippen LogP) is -0.177. The van der Waals surface area contributed by atoms with Crippen molar-refractivity contribution in [3.05, 3.63) is 0 Å². The molecule has 3 nitrogen and oxygen atoms in total. The van der Waals surface area contributed by atoms with Gasteiger partial charge in [0.05, 0.1) is 0 Å². The maximum Gasteiger partial charge on any atom is 0.320 e. The van der Waals surface area contributed by atoms with E-state index in [-0.39, 0.29) is 6.04 Å². The smallest absolute Gasteiger partial charge is 0.320 e. The van der Waals surface area contributed by atoms with Crippen LogP contribution < -0.4 is 5.32 Å². The molecule has 0 aromatic heterocycles. The van der Waals surface area contributed by atoms with Crippen LogP contribution in [-0.2, 0) is 4.79 Å². The highest BCUT2D eigenvalue weighted by Gasteiger charge is 2.20. The van der Waals surface area contributed by atoms with Crippen molar-refractivity contribution in [2.24, 2.45) is 0 Å². The third-order valence-corrected chi connectivity index (χ3v) is 1.36. The van der Waals surface area contributed by atoms with E-state index in [4.69, 9.17) is 5.11 Å². The van der Waals surface area contributed by atoms with Crippen molar-refractivity contribution in [3.63, 3.8) is 0 Å². The van der Waals surface area contributed by atoms with Crippen LogP contribution >= 0.6 is 0 Å². The zero-order valence-electron chi connectivity index (χ0n) is 4.55. The molecule has 0 radical (unpaired) electrons. The van der Waals surface area contributed by atoms with E-state index < -0.39 is 5.97 Å². The fourth-order valence-corrected chi connectivity index (χ4v) is 0.895. The highest BCUT2D eigenvalue weighted by atomic mass is 18.1. The van der Waals surface area contributed by atoms with Crippen LogP contribution in [0, 0.1) is 0 Å². The molecule has 0 aliphatic carbocycles. The maximum atomic E-state index is 10.1. The summed E-state index contributed by atoms with van der Waals surface area (Å²) in [5.74, 6) is -0.720. The second kappa shape index (κ2) is 2.13. The number of carbonyl (C=O) groups is 1. The lowest BCUT2D eigenvalue weighted by Crippen LogP contribution is -2.29. The Morgan fingerprint density at radius 3 is 2.75 bits per heavy atom. The summed E-state index contributed by atoms with van der Waals surface area (Å²) >= 11 is 0. The van der Waals surface area contributed by atoms with Crippen molar-refractivity contribution in [2.75, 3.05) is 6.54 Å². The molecule has 8 heavy (non-hydrogen) atoms. The lowest BCUT2D eigenvalue weighted by Gasteiger charge is -1.99. The summed E-state index contributed by atoms with van der Waals surface area (Å²) in [6, 6.07) is -0.269. The minimum Gasteiger partial charge on any atom is -0.480 e. The summed E-state index contributed by atoms with van der Waals surface area (Å²) in [5, 5.41) is 11.2. The Balaban J connectivity index is 2.35. The summed E-state index contributed by atoms with van der Waals surface area (Å²) < 4.78 is 0. The maximum absolute atomic E-state index is 10.1. The van der Waals surface area contributed by atoms with E-state index in [1.807, 2.05) is 0 Å². The van der Waals surface area contributed by atoms with Gasteiger partial charge in [-0.1, -0.05) is 0 Å². The molecule has 1 heterocycles. The Labute approximate surface area is 47.7 Å². The molecule has 1 rings (SSSR count). The van der Waals surface area contributed by atoms with Gasteiger partial charge in [-0.15, -0.1) is 0 Å². The molecule has 1 saturated heterocycles. The molecule has 0 aromatic rings. The van der Waals surface area contributed by atoms with Gasteiger partial charge >= 0.3 is 5.97 Å². The molecule has 1 unspecified atom stereocenters. The number of nitrogens with one attached hydrogen (secondary N) is 1. The number of hydrogen-bond acceptors (Lipinski definition) is 2. The molecular weight excluding hydrogens is 108 g/mol. The standard InChI is InChI=1S/C5H9NO2/c7-5(8)4-2-1-3-6-4/h4,6H,1-3H2,(H,7,8)/i7+2. The van der Waals surface area contributed by atoms with E-state index >= 15 is 0 Å². The van der Waals surface area contributed by atoms with E-state index in [0.29, 0.717) is 0 Å². The van der Waals surface area contributed by atoms with Crippen molar-refractivity contribution < 1.29 is 9.90 Å². The Morgan fingerprint density at radius 2 is 2.50 bits per heavy atom. The van der Waals surface area contributed by atoms with Crippen LogP contribution in [0.15, 0.2) is 0 Å². The summed E-state index contributed by atoms with van der Waals surface area (Å²) in [6.45, 7) is 0.858. The second-order valence-electron chi connectivity index (χ2n) is 1.99. The minimum absolute atomic E-state index is 0.269. The first-order valence-corrected chi connectivity index (χ1v) is 2.77. The zero-order chi connectivity index (χ0) is 5.98. The highest BCUT2D eigenvalue weighted by molar-refractivity contribution is 5.73. The van der Waals surface area contributed by atoms with Gasteiger partial charge in [-0.05, 0) is 19.4 Å².